The maximum absolute atomic E-state index is 5.59. The van der Waals surface area contributed by atoms with E-state index >= 15 is 0 Å². The zero-order valence-corrected chi connectivity index (χ0v) is 13.6. The first-order chi connectivity index (χ1) is 10.3. The Morgan fingerprint density at radius 1 is 1.05 bits per heavy atom. The number of rotatable bonds is 12. The molecule has 0 aliphatic rings. The molecule has 0 radical (unpaired) electrons. The van der Waals surface area contributed by atoms with E-state index in [1.165, 1.54) is 5.56 Å². The predicted octanol–water partition coefficient (Wildman–Crippen LogP) is 2.52. The lowest BCUT2D eigenvalue weighted by Crippen LogP contribution is -2.25. The minimum absolute atomic E-state index is 0.584. The lowest BCUT2D eigenvalue weighted by atomic mass is 9.96. The maximum atomic E-state index is 5.59. The van der Waals surface area contributed by atoms with E-state index in [1.807, 2.05) is 12.1 Å². The van der Waals surface area contributed by atoms with Gasteiger partial charge < -0.3 is 19.5 Å². The Labute approximate surface area is 128 Å². The van der Waals surface area contributed by atoms with Crippen molar-refractivity contribution in [3.63, 3.8) is 0 Å². The highest BCUT2D eigenvalue weighted by Crippen LogP contribution is 2.16. The number of ether oxygens (including phenoxy) is 3. The summed E-state index contributed by atoms with van der Waals surface area (Å²) < 4.78 is 15.8. The van der Waals surface area contributed by atoms with Gasteiger partial charge in [0.1, 0.15) is 5.75 Å². The molecule has 1 unspecified atom stereocenters. The van der Waals surface area contributed by atoms with Crippen LogP contribution in [0.25, 0.3) is 0 Å². The van der Waals surface area contributed by atoms with Gasteiger partial charge in [-0.1, -0.05) is 19.1 Å². The molecule has 0 bridgehead atoms. The molecule has 1 atom stereocenters. The Bertz CT molecular complexity index is 354. The number of methoxy groups -OCH3 is 2. The highest BCUT2D eigenvalue weighted by Gasteiger charge is 2.09. The van der Waals surface area contributed by atoms with Gasteiger partial charge in [-0.2, -0.15) is 0 Å². The molecule has 0 saturated heterocycles. The second-order valence-corrected chi connectivity index (χ2v) is 5.12. The molecular weight excluding hydrogens is 266 g/mol. The molecule has 0 aromatic heterocycles. The van der Waals surface area contributed by atoms with Gasteiger partial charge in [0.15, 0.2) is 0 Å². The van der Waals surface area contributed by atoms with E-state index in [2.05, 4.69) is 24.4 Å². The number of benzene rings is 1. The first-order valence-electron chi connectivity index (χ1n) is 7.70. The average Bonchev–Trinajstić information content (AvgIpc) is 2.52. The van der Waals surface area contributed by atoms with Crippen molar-refractivity contribution in [2.75, 3.05) is 47.1 Å². The molecule has 0 aliphatic heterocycles. The van der Waals surface area contributed by atoms with E-state index in [-0.39, 0.29) is 0 Å². The molecule has 1 aromatic rings. The van der Waals surface area contributed by atoms with Crippen molar-refractivity contribution in [2.24, 2.45) is 5.92 Å². The first kappa shape index (κ1) is 18.0. The Hall–Kier alpha value is -1.10. The predicted molar refractivity (Wildman–Crippen MR) is 86.0 cm³/mol. The van der Waals surface area contributed by atoms with Gasteiger partial charge in [0.25, 0.3) is 0 Å². The van der Waals surface area contributed by atoms with Crippen molar-refractivity contribution in [1.29, 1.82) is 0 Å². The lowest BCUT2D eigenvalue weighted by Gasteiger charge is -2.17. The van der Waals surface area contributed by atoms with E-state index in [0.29, 0.717) is 19.1 Å². The molecular formula is C17H29NO3. The van der Waals surface area contributed by atoms with E-state index in [4.69, 9.17) is 14.2 Å². The smallest absolute Gasteiger partial charge is 0.118 e. The summed E-state index contributed by atoms with van der Waals surface area (Å²) in [5, 5.41) is 3.44. The van der Waals surface area contributed by atoms with Crippen LogP contribution < -0.4 is 10.1 Å². The van der Waals surface area contributed by atoms with Gasteiger partial charge in [-0.15, -0.1) is 0 Å². The maximum Gasteiger partial charge on any atom is 0.118 e. The third-order valence-electron chi connectivity index (χ3n) is 3.47. The molecule has 4 nitrogen and oxygen atoms in total. The third kappa shape index (κ3) is 8.05. The zero-order valence-electron chi connectivity index (χ0n) is 13.6. The van der Waals surface area contributed by atoms with Crippen LogP contribution in [-0.4, -0.2) is 47.1 Å². The fraction of sp³-hybridized carbons (Fsp3) is 0.647. The monoisotopic (exact) mass is 295 g/mol. The van der Waals surface area contributed by atoms with Crippen molar-refractivity contribution in [3.8, 4) is 5.75 Å². The molecule has 0 amide bonds. The lowest BCUT2D eigenvalue weighted by molar-refractivity contribution is 0.0636. The van der Waals surface area contributed by atoms with Crippen LogP contribution in [0.5, 0.6) is 5.75 Å². The van der Waals surface area contributed by atoms with Crippen LogP contribution in [0.3, 0.4) is 0 Å². The third-order valence-corrected chi connectivity index (χ3v) is 3.47. The topological polar surface area (TPSA) is 39.7 Å². The minimum atomic E-state index is 0.584. The average molecular weight is 295 g/mol. The number of hydrogen-bond acceptors (Lipinski definition) is 4. The van der Waals surface area contributed by atoms with Crippen molar-refractivity contribution >= 4 is 0 Å². The van der Waals surface area contributed by atoms with Crippen molar-refractivity contribution in [1.82, 2.24) is 5.32 Å². The van der Waals surface area contributed by atoms with Gasteiger partial charge >= 0.3 is 0 Å². The normalized spacial score (nSPS) is 12.3. The molecule has 21 heavy (non-hydrogen) atoms. The zero-order chi connectivity index (χ0) is 15.3. The van der Waals surface area contributed by atoms with Gasteiger partial charge in [0.05, 0.1) is 20.3 Å². The summed E-state index contributed by atoms with van der Waals surface area (Å²) in [5.41, 5.74) is 1.34. The molecule has 0 aliphatic carbocycles. The van der Waals surface area contributed by atoms with Crippen molar-refractivity contribution < 1.29 is 14.2 Å². The second-order valence-electron chi connectivity index (χ2n) is 5.12. The Kier molecular flexibility index (Phi) is 9.87. The first-order valence-corrected chi connectivity index (χ1v) is 7.70. The fourth-order valence-electron chi connectivity index (χ4n) is 2.21. The van der Waals surface area contributed by atoms with Crippen LogP contribution in [0.4, 0.5) is 0 Å². The summed E-state index contributed by atoms with van der Waals surface area (Å²) in [6, 6.07) is 8.33. The van der Waals surface area contributed by atoms with Gasteiger partial charge in [-0.25, -0.2) is 0 Å². The molecule has 1 aromatic carbocycles. The Morgan fingerprint density at radius 2 is 1.81 bits per heavy atom. The largest absolute Gasteiger partial charge is 0.497 e. The van der Waals surface area contributed by atoms with Crippen LogP contribution in [0, 0.1) is 5.92 Å². The van der Waals surface area contributed by atoms with E-state index in [0.717, 1.165) is 38.3 Å². The van der Waals surface area contributed by atoms with Gasteiger partial charge in [0, 0.05) is 13.7 Å². The minimum Gasteiger partial charge on any atom is -0.497 e. The summed E-state index contributed by atoms with van der Waals surface area (Å²) in [4.78, 5) is 0. The van der Waals surface area contributed by atoms with E-state index < -0.39 is 0 Å². The second kappa shape index (κ2) is 11.5. The molecule has 0 heterocycles. The highest BCUT2D eigenvalue weighted by molar-refractivity contribution is 5.27. The van der Waals surface area contributed by atoms with E-state index in [9.17, 15) is 0 Å². The molecule has 0 saturated carbocycles. The van der Waals surface area contributed by atoms with Gasteiger partial charge in [0.2, 0.25) is 0 Å². The summed E-state index contributed by atoms with van der Waals surface area (Å²) in [7, 11) is 3.39. The Balaban J connectivity index is 2.40. The van der Waals surface area contributed by atoms with Crippen LogP contribution in [-0.2, 0) is 15.9 Å². The van der Waals surface area contributed by atoms with Gasteiger partial charge in [-0.05, 0) is 49.5 Å². The summed E-state index contributed by atoms with van der Waals surface area (Å²) in [5.74, 6) is 1.49. The van der Waals surface area contributed by atoms with E-state index in [1.54, 1.807) is 14.2 Å². The molecule has 0 spiro atoms. The summed E-state index contributed by atoms with van der Waals surface area (Å²) in [6.07, 6.45) is 2.12. The summed E-state index contributed by atoms with van der Waals surface area (Å²) in [6.45, 7) is 6.29. The molecule has 120 valence electrons. The Morgan fingerprint density at radius 3 is 2.43 bits per heavy atom. The van der Waals surface area contributed by atoms with Crippen LogP contribution in [0.1, 0.15) is 18.9 Å². The summed E-state index contributed by atoms with van der Waals surface area (Å²) >= 11 is 0. The van der Waals surface area contributed by atoms with Crippen LogP contribution in [0.2, 0.25) is 0 Å². The number of hydrogen-bond donors (Lipinski definition) is 1. The highest BCUT2D eigenvalue weighted by atomic mass is 16.5. The number of nitrogens with one attached hydrogen (secondary N) is 1. The standard InChI is InChI=1S/C17H29NO3/c1-4-18-14-16(9-10-21-12-11-19-2)13-15-5-7-17(20-3)8-6-15/h5-8,16,18H,4,9-14H2,1-3H3. The van der Waals surface area contributed by atoms with Crippen LogP contribution >= 0.6 is 0 Å². The molecule has 4 heteroatoms. The van der Waals surface area contributed by atoms with Gasteiger partial charge in [-0.3, -0.25) is 0 Å². The van der Waals surface area contributed by atoms with Crippen molar-refractivity contribution in [2.45, 2.75) is 19.8 Å². The SMILES string of the molecule is CCNCC(CCOCCOC)Cc1ccc(OC)cc1. The van der Waals surface area contributed by atoms with Crippen LogP contribution in [0.15, 0.2) is 24.3 Å². The molecule has 1 rings (SSSR count). The molecule has 0 fully saturated rings. The fourth-order valence-corrected chi connectivity index (χ4v) is 2.21. The van der Waals surface area contributed by atoms with Crippen molar-refractivity contribution in [3.05, 3.63) is 29.8 Å². The molecule has 1 N–H and O–H groups in total. The quantitative estimate of drug-likeness (QED) is 0.602.